The number of rotatable bonds is 6. The maximum atomic E-state index is 2.52. The molecule has 3 heteroatoms. The quantitative estimate of drug-likeness (QED) is 0.166. The Hall–Kier alpha value is -6.03. The van der Waals surface area contributed by atoms with E-state index in [1.165, 1.54) is 68.5 Å². The van der Waals surface area contributed by atoms with E-state index >= 15 is 0 Å². The van der Waals surface area contributed by atoms with Crippen molar-refractivity contribution in [1.29, 1.82) is 0 Å². The van der Waals surface area contributed by atoms with Gasteiger partial charge < -0.3 is 9.13 Å². The second kappa shape index (κ2) is 12.1. The van der Waals surface area contributed by atoms with Crippen LogP contribution >= 0.6 is 10.0 Å². The Morgan fingerprint density at radius 2 is 0.765 bits per heavy atom. The summed E-state index contributed by atoms with van der Waals surface area (Å²) in [6.07, 6.45) is 6.97. The zero-order valence-electron chi connectivity index (χ0n) is 28.2. The minimum absolute atomic E-state index is 1.04. The van der Waals surface area contributed by atoms with Gasteiger partial charge in [0.1, 0.15) is 0 Å². The average molecular weight is 673 g/mol. The first-order chi connectivity index (χ1) is 25.3. The zero-order chi connectivity index (χ0) is 33.8. The van der Waals surface area contributed by atoms with Crippen LogP contribution in [-0.2, 0) is 0 Å². The molecule has 0 aliphatic heterocycles. The van der Waals surface area contributed by atoms with Gasteiger partial charge in [0, 0.05) is 57.7 Å². The topological polar surface area (TPSA) is 9.86 Å². The van der Waals surface area contributed by atoms with Crippen LogP contribution in [0.25, 0.3) is 56.2 Å². The molecule has 2 aromatic heterocycles. The predicted octanol–water partition coefficient (Wildman–Crippen LogP) is 11.4. The summed E-state index contributed by atoms with van der Waals surface area (Å²) in [4.78, 5) is 5.23. The molecule has 2 heterocycles. The zero-order valence-corrected chi connectivity index (χ0v) is 29.0. The molecule has 7 aromatic carbocycles. The van der Waals surface area contributed by atoms with E-state index in [0.29, 0.717) is 0 Å². The van der Waals surface area contributed by atoms with Crippen LogP contribution in [0.5, 0.6) is 0 Å². The van der Waals surface area contributed by atoms with Crippen molar-refractivity contribution in [3.8, 4) is 11.4 Å². The summed E-state index contributed by atoms with van der Waals surface area (Å²) in [7, 11) is -1.96. The number of fused-ring (bicyclic) bond motifs is 6. The molecule has 1 aliphatic carbocycles. The van der Waals surface area contributed by atoms with E-state index < -0.39 is 10.0 Å². The summed E-state index contributed by atoms with van der Waals surface area (Å²) in [6, 6.07) is 67.6. The van der Waals surface area contributed by atoms with Crippen molar-refractivity contribution in [2.75, 3.05) is 0 Å². The SMILES string of the molecule is C1=c2c(n(-c3cc(-n4c5ccccc5c5ccccc54)cc(S(c4ccccc4)(c4ccccc4)c4ccccc4)c3)c3ccccc23)=CCC1. The number of benzene rings is 7. The predicted molar refractivity (Wildman–Crippen MR) is 215 cm³/mol. The molecule has 0 amide bonds. The second-order valence-electron chi connectivity index (χ2n) is 13.2. The second-order valence-corrected chi connectivity index (χ2v) is 16.4. The molecule has 0 radical (unpaired) electrons. The molecule has 0 spiro atoms. The highest BCUT2D eigenvalue weighted by atomic mass is 32.3. The maximum absolute atomic E-state index is 2.52. The van der Waals surface area contributed by atoms with E-state index in [0.717, 1.165) is 18.5 Å². The van der Waals surface area contributed by atoms with E-state index in [2.05, 4.69) is 203 Å². The first-order valence-corrected chi connectivity index (χ1v) is 19.4. The van der Waals surface area contributed by atoms with E-state index in [1.54, 1.807) is 0 Å². The fourth-order valence-corrected chi connectivity index (χ4v) is 12.2. The van der Waals surface area contributed by atoms with Gasteiger partial charge in [0.25, 0.3) is 0 Å². The van der Waals surface area contributed by atoms with E-state index in [1.807, 2.05) is 0 Å². The molecule has 51 heavy (non-hydrogen) atoms. The first kappa shape index (κ1) is 29.8. The summed E-state index contributed by atoms with van der Waals surface area (Å²) in [5.74, 6) is 0. The molecule has 0 atom stereocenters. The summed E-state index contributed by atoms with van der Waals surface area (Å²) in [6.45, 7) is 0. The molecule has 0 bridgehead atoms. The van der Waals surface area contributed by atoms with Crippen molar-refractivity contribution in [1.82, 2.24) is 9.13 Å². The van der Waals surface area contributed by atoms with Gasteiger partial charge in [0.05, 0.1) is 16.6 Å². The highest BCUT2D eigenvalue weighted by Gasteiger charge is 2.34. The van der Waals surface area contributed by atoms with Crippen LogP contribution < -0.4 is 10.6 Å². The van der Waals surface area contributed by atoms with Crippen molar-refractivity contribution in [2.24, 2.45) is 0 Å². The lowest BCUT2D eigenvalue weighted by molar-refractivity contribution is 1.01. The van der Waals surface area contributed by atoms with Crippen LogP contribution in [0, 0.1) is 0 Å². The van der Waals surface area contributed by atoms with Crippen LogP contribution in [0.1, 0.15) is 12.8 Å². The Kier molecular flexibility index (Phi) is 7.07. The Labute approximate surface area is 299 Å². The van der Waals surface area contributed by atoms with Gasteiger partial charge in [-0.1, -0.05) is 121 Å². The van der Waals surface area contributed by atoms with Gasteiger partial charge in [0.15, 0.2) is 0 Å². The van der Waals surface area contributed by atoms with Crippen LogP contribution in [0.4, 0.5) is 0 Å². The standard InChI is InChI=1S/C48H36N2S/c1-4-18-37(19-5-1)51(38-20-6-2-7-21-38,39-22-8-3-9-23-39)40-33-35(49-45-28-14-10-24-41(45)42-25-11-15-29-46(42)49)32-36(34-40)50-47-30-16-12-26-43(47)44-27-13-17-31-48(44)50/h1-12,14-16,18-34H,13,17H2. The monoisotopic (exact) mass is 672 g/mol. The minimum atomic E-state index is -1.96. The average Bonchev–Trinajstić information content (AvgIpc) is 3.73. The molecular weight excluding hydrogens is 637 g/mol. The van der Waals surface area contributed by atoms with Crippen molar-refractivity contribution < 1.29 is 0 Å². The molecule has 1 aliphatic rings. The normalized spacial score (nSPS) is 13.2. The van der Waals surface area contributed by atoms with Gasteiger partial charge in [-0.2, -0.15) is 0 Å². The third-order valence-corrected chi connectivity index (χ3v) is 14.3. The number of nitrogens with zero attached hydrogens (tertiary/aromatic N) is 2. The van der Waals surface area contributed by atoms with Crippen molar-refractivity contribution in [2.45, 2.75) is 32.4 Å². The molecule has 0 saturated heterocycles. The Morgan fingerprint density at radius 3 is 1.29 bits per heavy atom. The largest absolute Gasteiger partial charge is 0.309 e. The van der Waals surface area contributed by atoms with Gasteiger partial charge in [-0.3, -0.25) is 0 Å². The number of hydrogen-bond donors (Lipinski definition) is 0. The first-order valence-electron chi connectivity index (χ1n) is 17.7. The molecule has 9 aromatic rings. The Morgan fingerprint density at radius 1 is 0.353 bits per heavy atom. The highest BCUT2D eigenvalue weighted by Crippen LogP contribution is 2.73. The molecule has 0 fully saturated rings. The lowest BCUT2D eigenvalue weighted by atomic mass is 10.1. The summed E-state index contributed by atoms with van der Waals surface area (Å²) >= 11 is 0. The van der Waals surface area contributed by atoms with Crippen LogP contribution in [-0.4, -0.2) is 9.13 Å². The number of para-hydroxylation sites is 3. The highest BCUT2D eigenvalue weighted by molar-refractivity contribution is 8.34. The third-order valence-electron chi connectivity index (χ3n) is 10.4. The number of aromatic nitrogens is 2. The van der Waals surface area contributed by atoms with Gasteiger partial charge in [0.2, 0.25) is 0 Å². The molecule has 244 valence electrons. The summed E-state index contributed by atoms with van der Waals surface area (Å²) in [5, 5.41) is 6.46. The van der Waals surface area contributed by atoms with Crippen molar-refractivity contribution in [3.05, 3.63) is 193 Å². The lowest BCUT2D eigenvalue weighted by Crippen LogP contribution is -2.30. The van der Waals surface area contributed by atoms with Gasteiger partial charge in [-0.15, -0.1) is 10.0 Å². The maximum Gasteiger partial charge on any atom is 0.0541 e. The van der Waals surface area contributed by atoms with E-state index in [9.17, 15) is 0 Å². The van der Waals surface area contributed by atoms with Gasteiger partial charge in [-0.25, -0.2) is 0 Å². The Bertz CT molecular complexity index is 2700. The Balaban J connectivity index is 1.41. The third kappa shape index (κ3) is 4.59. The molecule has 0 N–H and O–H groups in total. The van der Waals surface area contributed by atoms with Gasteiger partial charge in [-0.05, 0) is 85.6 Å². The minimum Gasteiger partial charge on any atom is -0.309 e. The van der Waals surface area contributed by atoms with Crippen LogP contribution in [0.3, 0.4) is 0 Å². The fraction of sp³-hybridized carbons (Fsp3) is 0.0417. The van der Waals surface area contributed by atoms with E-state index in [-0.39, 0.29) is 0 Å². The molecule has 0 unspecified atom stereocenters. The molecule has 2 nitrogen and oxygen atoms in total. The smallest absolute Gasteiger partial charge is 0.0541 e. The van der Waals surface area contributed by atoms with Crippen molar-refractivity contribution >= 4 is 54.9 Å². The van der Waals surface area contributed by atoms with Crippen LogP contribution in [0.15, 0.2) is 202 Å². The lowest BCUT2D eigenvalue weighted by Gasteiger charge is -2.42. The van der Waals surface area contributed by atoms with Crippen LogP contribution in [0.2, 0.25) is 0 Å². The number of hydrogen-bond acceptors (Lipinski definition) is 0. The molecule has 10 rings (SSSR count). The molecule has 0 saturated carbocycles. The van der Waals surface area contributed by atoms with Gasteiger partial charge >= 0.3 is 0 Å². The van der Waals surface area contributed by atoms with E-state index in [4.69, 9.17) is 0 Å². The summed E-state index contributed by atoms with van der Waals surface area (Å²) < 4.78 is 5.00. The van der Waals surface area contributed by atoms with Crippen molar-refractivity contribution in [3.63, 3.8) is 0 Å². The molecular formula is C48H36N2S. The summed E-state index contributed by atoms with van der Waals surface area (Å²) in [5.41, 5.74) is 5.99. The fourth-order valence-electron chi connectivity index (χ4n) is 8.32.